The van der Waals surface area contributed by atoms with Gasteiger partial charge in [-0.25, -0.2) is 0 Å². The van der Waals surface area contributed by atoms with Crippen molar-refractivity contribution in [3.8, 4) is 0 Å². The molecule has 0 aliphatic carbocycles. The molecule has 0 radical (unpaired) electrons. The summed E-state index contributed by atoms with van der Waals surface area (Å²) in [7, 11) is 0. The summed E-state index contributed by atoms with van der Waals surface area (Å²) in [6.45, 7) is 5.93. The maximum Gasteiger partial charge on any atom is 0.416 e. The van der Waals surface area contributed by atoms with Crippen LogP contribution in [0.4, 0.5) is 13.2 Å². The lowest BCUT2D eigenvalue weighted by atomic mass is 10.0. The van der Waals surface area contributed by atoms with E-state index in [-0.39, 0.29) is 0 Å². The first-order chi connectivity index (χ1) is 11.2. The van der Waals surface area contributed by atoms with Crippen molar-refractivity contribution < 1.29 is 18.3 Å². The maximum absolute atomic E-state index is 12.6. The molecule has 0 bridgehead atoms. The first-order valence-electron chi connectivity index (χ1n) is 7.84. The standard InChI is InChI=1S/C17H20F3N3O/c1-11-7-12(2)23(21-11)15-8-22(9-15)10-16(24)13-3-5-14(6-4-13)17(18,19)20/h3-7,15-16,24H,8-10H2,1-2H3/t16-/m0/s1. The maximum atomic E-state index is 12.6. The molecule has 1 fully saturated rings. The Balaban J connectivity index is 1.55. The molecule has 1 saturated heterocycles. The number of rotatable bonds is 4. The first kappa shape index (κ1) is 17.0. The number of aliphatic hydroxyl groups excluding tert-OH is 1. The molecule has 4 nitrogen and oxygen atoms in total. The van der Waals surface area contributed by atoms with Gasteiger partial charge in [-0.3, -0.25) is 9.58 Å². The third-order valence-electron chi connectivity index (χ3n) is 4.38. The number of likely N-dealkylation sites (tertiary alicyclic amines) is 1. The highest BCUT2D eigenvalue weighted by atomic mass is 19.4. The molecule has 0 saturated carbocycles. The summed E-state index contributed by atoms with van der Waals surface area (Å²) in [6.07, 6.45) is -5.15. The van der Waals surface area contributed by atoms with Crippen LogP contribution in [0, 0.1) is 13.8 Å². The fourth-order valence-electron chi connectivity index (χ4n) is 3.11. The summed E-state index contributed by atoms with van der Waals surface area (Å²) >= 11 is 0. The monoisotopic (exact) mass is 339 g/mol. The Hall–Kier alpha value is -1.86. The number of hydrogen-bond acceptors (Lipinski definition) is 3. The van der Waals surface area contributed by atoms with Crippen molar-refractivity contribution in [2.75, 3.05) is 19.6 Å². The average Bonchev–Trinajstić information content (AvgIpc) is 2.79. The fourth-order valence-corrected chi connectivity index (χ4v) is 3.11. The average molecular weight is 339 g/mol. The van der Waals surface area contributed by atoms with Gasteiger partial charge in [0.2, 0.25) is 0 Å². The van der Waals surface area contributed by atoms with E-state index in [0.717, 1.165) is 36.6 Å². The van der Waals surface area contributed by atoms with E-state index >= 15 is 0 Å². The number of aryl methyl sites for hydroxylation is 2. The Kier molecular flexibility index (Phi) is 4.40. The Morgan fingerprint density at radius 1 is 1.21 bits per heavy atom. The Bertz CT molecular complexity index is 703. The lowest BCUT2D eigenvalue weighted by Crippen LogP contribution is -2.49. The van der Waals surface area contributed by atoms with Crippen LogP contribution in [-0.4, -0.2) is 39.4 Å². The van der Waals surface area contributed by atoms with Gasteiger partial charge in [-0.2, -0.15) is 18.3 Å². The zero-order valence-electron chi connectivity index (χ0n) is 13.6. The van der Waals surface area contributed by atoms with Gasteiger partial charge in [0.15, 0.2) is 0 Å². The van der Waals surface area contributed by atoms with Gasteiger partial charge in [-0.05, 0) is 37.6 Å². The third-order valence-corrected chi connectivity index (χ3v) is 4.38. The fraction of sp³-hybridized carbons (Fsp3) is 0.471. The SMILES string of the molecule is Cc1cc(C)n(C2CN(C[C@H](O)c3ccc(C(F)(F)F)cc3)C2)n1. The van der Waals surface area contributed by atoms with E-state index in [1.54, 1.807) is 0 Å². The lowest BCUT2D eigenvalue weighted by Gasteiger charge is -2.40. The summed E-state index contributed by atoms with van der Waals surface area (Å²) in [5.41, 5.74) is 1.89. The largest absolute Gasteiger partial charge is 0.416 e. The number of aliphatic hydroxyl groups is 1. The highest BCUT2D eigenvalue weighted by Gasteiger charge is 2.32. The van der Waals surface area contributed by atoms with Crippen LogP contribution in [0.5, 0.6) is 0 Å². The van der Waals surface area contributed by atoms with Gasteiger partial charge in [0.25, 0.3) is 0 Å². The van der Waals surface area contributed by atoms with Gasteiger partial charge in [0.05, 0.1) is 23.4 Å². The molecule has 1 atom stereocenters. The van der Waals surface area contributed by atoms with E-state index in [9.17, 15) is 18.3 Å². The quantitative estimate of drug-likeness (QED) is 0.931. The van der Waals surface area contributed by atoms with E-state index < -0.39 is 17.8 Å². The smallest absolute Gasteiger partial charge is 0.387 e. The normalized spacial score (nSPS) is 17.8. The second-order valence-electron chi connectivity index (χ2n) is 6.38. The van der Waals surface area contributed by atoms with Crippen molar-refractivity contribution in [2.45, 2.75) is 32.2 Å². The summed E-state index contributed by atoms with van der Waals surface area (Å²) in [5, 5.41) is 14.7. The van der Waals surface area contributed by atoms with Gasteiger partial charge in [-0.15, -0.1) is 0 Å². The molecule has 7 heteroatoms. The Morgan fingerprint density at radius 2 is 1.83 bits per heavy atom. The summed E-state index contributed by atoms with van der Waals surface area (Å²) in [4.78, 5) is 2.07. The highest BCUT2D eigenvalue weighted by molar-refractivity contribution is 5.26. The van der Waals surface area contributed by atoms with Crippen LogP contribution in [0.3, 0.4) is 0 Å². The summed E-state index contributed by atoms with van der Waals surface area (Å²) in [5.74, 6) is 0. The van der Waals surface area contributed by atoms with Crippen LogP contribution in [0.15, 0.2) is 30.3 Å². The second kappa shape index (κ2) is 6.22. The molecular formula is C17H20F3N3O. The van der Waals surface area contributed by atoms with Crippen molar-refractivity contribution in [3.63, 3.8) is 0 Å². The molecule has 0 amide bonds. The molecular weight excluding hydrogens is 319 g/mol. The molecule has 0 unspecified atom stereocenters. The van der Waals surface area contributed by atoms with Crippen LogP contribution in [0.1, 0.15) is 34.7 Å². The van der Waals surface area contributed by atoms with Crippen LogP contribution >= 0.6 is 0 Å². The molecule has 2 aromatic rings. The molecule has 3 rings (SSSR count). The number of hydrogen-bond donors (Lipinski definition) is 1. The highest BCUT2D eigenvalue weighted by Crippen LogP contribution is 2.30. The van der Waals surface area contributed by atoms with Crippen LogP contribution < -0.4 is 0 Å². The Morgan fingerprint density at radius 3 is 2.33 bits per heavy atom. The lowest BCUT2D eigenvalue weighted by molar-refractivity contribution is -0.137. The zero-order chi connectivity index (χ0) is 17.5. The summed E-state index contributed by atoms with van der Waals surface area (Å²) in [6, 6.07) is 7.01. The third kappa shape index (κ3) is 3.47. The predicted molar refractivity (Wildman–Crippen MR) is 83.6 cm³/mol. The van der Waals surface area contributed by atoms with Gasteiger partial charge < -0.3 is 5.11 Å². The number of aromatic nitrogens is 2. The van der Waals surface area contributed by atoms with Crippen LogP contribution in [0.2, 0.25) is 0 Å². The molecule has 2 heterocycles. The number of nitrogens with zero attached hydrogens (tertiary/aromatic N) is 3. The molecule has 0 spiro atoms. The first-order valence-corrected chi connectivity index (χ1v) is 7.84. The number of halogens is 3. The van der Waals surface area contributed by atoms with Crippen molar-refractivity contribution in [1.82, 2.24) is 14.7 Å². The minimum atomic E-state index is -4.35. The minimum absolute atomic E-state index is 0.290. The van der Waals surface area contributed by atoms with E-state index in [0.29, 0.717) is 18.2 Å². The molecule has 1 aliphatic rings. The predicted octanol–water partition coefficient (Wildman–Crippen LogP) is 3.11. The van der Waals surface area contributed by atoms with E-state index in [1.165, 1.54) is 12.1 Å². The van der Waals surface area contributed by atoms with Gasteiger partial charge in [0.1, 0.15) is 0 Å². The summed E-state index contributed by atoms with van der Waals surface area (Å²) < 4.78 is 39.7. The van der Waals surface area contributed by atoms with Crippen LogP contribution in [0.25, 0.3) is 0 Å². The number of alkyl halides is 3. The molecule has 1 aliphatic heterocycles. The van der Waals surface area contributed by atoms with Crippen molar-refractivity contribution in [2.24, 2.45) is 0 Å². The molecule has 1 aromatic carbocycles. The van der Waals surface area contributed by atoms with E-state index in [2.05, 4.69) is 10.00 Å². The molecule has 130 valence electrons. The van der Waals surface area contributed by atoms with E-state index in [4.69, 9.17) is 0 Å². The van der Waals surface area contributed by atoms with Gasteiger partial charge >= 0.3 is 6.18 Å². The van der Waals surface area contributed by atoms with E-state index in [1.807, 2.05) is 24.6 Å². The van der Waals surface area contributed by atoms with Crippen molar-refractivity contribution in [3.05, 3.63) is 52.8 Å². The molecule has 24 heavy (non-hydrogen) atoms. The van der Waals surface area contributed by atoms with Crippen LogP contribution in [-0.2, 0) is 6.18 Å². The van der Waals surface area contributed by atoms with Crippen molar-refractivity contribution >= 4 is 0 Å². The van der Waals surface area contributed by atoms with Gasteiger partial charge in [0, 0.05) is 25.3 Å². The number of β-amino-alcohol motifs (C(OH)–C–C–N with tert-alkyl or cyclic N) is 1. The van der Waals surface area contributed by atoms with Gasteiger partial charge in [-0.1, -0.05) is 12.1 Å². The topological polar surface area (TPSA) is 41.3 Å². The number of benzene rings is 1. The second-order valence-corrected chi connectivity index (χ2v) is 6.38. The van der Waals surface area contributed by atoms with Crippen molar-refractivity contribution in [1.29, 1.82) is 0 Å². The molecule has 1 aromatic heterocycles. The molecule has 1 N–H and O–H groups in total. The Labute approximate surface area is 138 Å². The zero-order valence-corrected chi connectivity index (χ0v) is 13.6. The minimum Gasteiger partial charge on any atom is -0.387 e.